The van der Waals surface area contributed by atoms with Crippen molar-refractivity contribution >= 4 is 57.5 Å². The molecular weight excluding hydrogens is 492 g/mol. The zero-order chi connectivity index (χ0) is 25.1. The molecule has 10 heteroatoms. The lowest BCUT2D eigenvalue weighted by molar-refractivity contribution is -0.122. The Kier molecular flexibility index (Phi) is 7.37. The summed E-state index contributed by atoms with van der Waals surface area (Å²) >= 11 is 7.00. The number of halogens is 1. The van der Waals surface area contributed by atoms with Crippen LogP contribution in [0.15, 0.2) is 45.7 Å². The van der Waals surface area contributed by atoms with Crippen LogP contribution in [-0.4, -0.2) is 48.8 Å². The van der Waals surface area contributed by atoms with Crippen molar-refractivity contribution in [2.75, 3.05) is 26.8 Å². The van der Waals surface area contributed by atoms with E-state index < -0.39 is 17.1 Å². The number of aryl methyl sites for hydroxylation is 1. The largest absolute Gasteiger partial charge is 0.493 e. The van der Waals surface area contributed by atoms with Crippen molar-refractivity contribution < 1.29 is 28.3 Å². The monoisotopic (exact) mass is 514 g/mol. The third kappa shape index (κ3) is 5.01. The minimum absolute atomic E-state index is 0.0282. The number of benzene rings is 2. The number of hydrogen-bond acceptors (Lipinski definition) is 7. The summed E-state index contributed by atoms with van der Waals surface area (Å²) in [7, 11) is 1.53. The Bertz CT molecular complexity index is 1350. The molecule has 182 valence electrons. The van der Waals surface area contributed by atoms with Crippen LogP contribution in [0.2, 0.25) is 5.02 Å². The number of fused-ring (bicyclic) bond motifs is 1. The van der Waals surface area contributed by atoms with Crippen molar-refractivity contribution in [2.45, 2.75) is 13.8 Å². The van der Waals surface area contributed by atoms with Crippen LogP contribution in [0.3, 0.4) is 0 Å². The van der Waals surface area contributed by atoms with Gasteiger partial charge in [-0.25, -0.2) is 0 Å². The fourth-order valence-corrected chi connectivity index (χ4v) is 4.76. The fraction of sp³-hybridized carbons (Fsp3) is 0.240. The number of hydrogen-bond donors (Lipinski definition) is 1. The maximum atomic E-state index is 12.8. The van der Waals surface area contributed by atoms with Crippen LogP contribution in [0.1, 0.15) is 28.6 Å². The van der Waals surface area contributed by atoms with Gasteiger partial charge < -0.3 is 19.2 Å². The lowest BCUT2D eigenvalue weighted by Crippen LogP contribution is -2.37. The number of rotatable bonds is 8. The van der Waals surface area contributed by atoms with Gasteiger partial charge in [0.2, 0.25) is 0 Å². The van der Waals surface area contributed by atoms with E-state index >= 15 is 0 Å². The fourth-order valence-electron chi connectivity index (χ4n) is 3.68. The van der Waals surface area contributed by atoms with Gasteiger partial charge in [-0.15, -0.1) is 0 Å². The average molecular weight is 515 g/mol. The van der Waals surface area contributed by atoms with Crippen LogP contribution < -0.4 is 14.8 Å². The van der Waals surface area contributed by atoms with E-state index in [9.17, 15) is 14.4 Å². The van der Waals surface area contributed by atoms with Gasteiger partial charge in [0.05, 0.1) is 23.6 Å². The van der Waals surface area contributed by atoms with E-state index in [1.165, 1.54) is 7.11 Å². The van der Waals surface area contributed by atoms with Gasteiger partial charge in [0.15, 0.2) is 22.8 Å². The second kappa shape index (κ2) is 10.5. The molecule has 2 heterocycles. The number of carbonyl (C=O) groups is 3. The second-order valence-electron chi connectivity index (χ2n) is 7.61. The maximum Gasteiger partial charge on any atom is 0.293 e. The molecular formula is C25H23ClN2O6S. The number of nitrogens with one attached hydrogen (secondary N) is 1. The molecule has 0 saturated carbocycles. The summed E-state index contributed by atoms with van der Waals surface area (Å²) in [6.07, 6.45) is 1.63. The maximum absolute atomic E-state index is 12.8. The van der Waals surface area contributed by atoms with Gasteiger partial charge in [-0.1, -0.05) is 29.8 Å². The van der Waals surface area contributed by atoms with Crippen molar-refractivity contribution in [1.82, 2.24) is 10.2 Å². The van der Waals surface area contributed by atoms with E-state index in [0.717, 1.165) is 22.0 Å². The SMILES string of the molecule is CCOc1ccc(/C=C2\SC(=O)N(CCNC(=O)c3oc4c(Cl)cccc4c3C)C2=O)cc1OC. The Morgan fingerprint density at radius 1 is 1.23 bits per heavy atom. The topological polar surface area (TPSA) is 98.1 Å². The van der Waals surface area contributed by atoms with Crippen LogP contribution in [0, 0.1) is 6.92 Å². The summed E-state index contributed by atoms with van der Waals surface area (Å²) < 4.78 is 16.5. The molecule has 1 saturated heterocycles. The molecule has 1 N–H and O–H groups in total. The Hall–Kier alpha value is -3.43. The molecule has 8 nitrogen and oxygen atoms in total. The molecule has 0 bridgehead atoms. The zero-order valence-corrected chi connectivity index (χ0v) is 20.9. The third-order valence-electron chi connectivity index (χ3n) is 5.40. The van der Waals surface area contributed by atoms with Crippen molar-refractivity contribution in [2.24, 2.45) is 0 Å². The van der Waals surface area contributed by atoms with Crippen LogP contribution in [0.5, 0.6) is 11.5 Å². The summed E-state index contributed by atoms with van der Waals surface area (Å²) in [5.74, 6) is 0.404. The number of methoxy groups -OCH3 is 1. The molecule has 0 unspecified atom stereocenters. The zero-order valence-electron chi connectivity index (χ0n) is 19.3. The van der Waals surface area contributed by atoms with E-state index in [2.05, 4.69) is 5.32 Å². The first kappa shape index (κ1) is 24.7. The lowest BCUT2D eigenvalue weighted by atomic mass is 10.1. The van der Waals surface area contributed by atoms with E-state index in [-0.39, 0.29) is 23.8 Å². The summed E-state index contributed by atoms with van der Waals surface area (Å²) in [5.41, 5.74) is 1.81. The minimum Gasteiger partial charge on any atom is -0.493 e. The van der Waals surface area contributed by atoms with Crippen molar-refractivity contribution in [1.29, 1.82) is 0 Å². The predicted octanol–water partition coefficient (Wildman–Crippen LogP) is 5.27. The highest BCUT2D eigenvalue weighted by Crippen LogP contribution is 2.34. The number of para-hydroxylation sites is 1. The van der Waals surface area contributed by atoms with Crippen LogP contribution in [0.4, 0.5) is 4.79 Å². The van der Waals surface area contributed by atoms with Crippen molar-refractivity contribution in [3.05, 3.63) is 63.2 Å². The highest BCUT2D eigenvalue weighted by atomic mass is 35.5. The second-order valence-corrected chi connectivity index (χ2v) is 9.01. The normalized spacial score (nSPS) is 14.7. The third-order valence-corrected chi connectivity index (χ3v) is 6.61. The van der Waals surface area contributed by atoms with E-state index in [1.54, 1.807) is 43.3 Å². The highest BCUT2D eigenvalue weighted by Gasteiger charge is 2.34. The molecule has 3 amide bonds. The van der Waals surface area contributed by atoms with Gasteiger partial charge in [-0.2, -0.15) is 0 Å². The van der Waals surface area contributed by atoms with Crippen LogP contribution in [-0.2, 0) is 4.79 Å². The number of imide groups is 1. The molecule has 0 aliphatic carbocycles. The average Bonchev–Trinajstić information content (AvgIpc) is 3.32. The van der Waals surface area contributed by atoms with Crippen LogP contribution in [0.25, 0.3) is 17.0 Å². The van der Waals surface area contributed by atoms with Crippen molar-refractivity contribution in [3.8, 4) is 11.5 Å². The van der Waals surface area contributed by atoms with Crippen LogP contribution >= 0.6 is 23.4 Å². The summed E-state index contributed by atoms with van der Waals surface area (Å²) in [4.78, 5) is 39.3. The summed E-state index contributed by atoms with van der Waals surface area (Å²) in [5, 5.41) is 3.47. The Morgan fingerprint density at radius 2 is 2.03 bits per heavy atom. The Morgan fingerprint density at radius 3 is 2.74 bits per heavy atom. The smallest absolute Gasteiger partial charge is 0.293 e. The van der Waals surface area contributed by atoms with E-state index in [0.29, 0.717) is 39.8 Å². The molecule has 1 aromatic heterocycles. The van der Waals surface area contributed by atoms with Crippen molar-refractivity contribution in [3.63, 3.8) is 0 Å². The molecule has 1 fully saturated rings. The standard InChI is InChI=1S/C25H23ClN2O6S/c1-4-33-18-9-8-15(12-19(18)32-3)13-20-24(30)28(25(31)35-20)11-10-27-23(29)21-14(2)16-6-5-7-17(26)22(16)34-21/h5-9,12-13H,4,10-11H2,1-3H3,(H,27,29)/b20-13-. The van der Waals surface area contributed by atoms with Gasteiger partial charge in [0.1, 0.15) is 0 Å². The molecule has 1 aliphatic rings. The quantitative estimate of drug-likeness (QED) is 0.409. The van der Waals surface area contributed by atoms with Gasteiger partial charge in [-0.3, -0.25) is 19.3 Å². The predicted molar refractivity (Wildman–Crippen MR) is 135 cm³/mol. The van der Waals surface area contributed by atoms with Gasteiger partial charge in [-0.05, 0) is 55.4 Å². The first-order valence-electron chi connectivity index (χ1n) is 10.9. The first-order valence-corrected chi connectivity index (χ1v) is 12.1. The number of nitrogens with zero attached hydrogens (tertiary/aromatic N) is 1. The summed E-state index contributed by atoms with van der Waals surface area (Å²) in [6.45, 7) is 4.24. The molecule has 0 spiro atoms. The first-order chi connectivity index (χ1) is 16.8. The molecule has 2 aromatic carbocycles. The van der Waals surface area contributed by atoms with Gasteiger partial charge in [0, 0.05) is 24.0 Å². The highest BCUT2D eigenvalue weighted by molar-refractivity contribution is 8.18. The molecule has 0 atom stereocenters. The number of amides is 3. The molecule has 1 aliphatic heterocycles. The Labute approximate surface area is 211 Å². The van der Waals surface area contributed by atoms with Gasteiger partial charge >= 0.3 is 0 Å². The molecule has 0 radical (unpaired) electrons. The molecule has 35 heavy (non-hydrogen) atoms. The Balaban J connectivity index is 1.41. The molecule has 3 aromatic rings. The summed E-state index contributed by atoms with van der Waals surface area (Å²) in [6, 6.07) is 10.6. The minimum atomic E-state index is -0.446. The lowest BCUT2D eigenvalue weighted by Gasteiger charge is -2.12. The molecule has 4 rings (SSSR count). The number of thioether (sulfide) groups is 1. The number of ether oxygens (including phenoxy) is 2. The number of carbonyl (C=O) groups excluding carboxylic acids is 3. The van der Waals surface area contributed by atoms with E-state index in [4.69, 9.17) is 25.5 Å². The van der Waals surface area contributed by atoms with E-state index in [1.807, 2.05) is 13.0 Å². The van der Waals surface area contributed by atoms with Gasteiger partial charge in [0.25, 0.3) is 17.1 Å². The number of furan rings is 1.